The molecule has 1 fully saturated rings. The molecule has 66 heavy (non-hydrogen) atoms. The first kappa shape index (κ1) is 46.3. The number of aliphatic hydroxyl groups excluding tert-OH is 1. The van der Waals surface area contributed by atoms with Crippen LogP contribution in [0.5, 0.6) is 0 Å². The van der Waals surface area contributed by atoms with Crippen LogP contribution >= 0.6 is 0 Å². The van der Waals surface area contributed by atoms with E-state index in [0.717, 1.165) is 57.6 Å². The summed E-state index contributed by atoms with van der Waals surface area (Å²) >= 11 is 0. The smallest absolute Gasteiger partial charge is 0.241 e. The van der Waals surface area contributed by atoms with Gasteiger partial charge in [0, 0.05) is 37.7 Å². The number of hydrogen-bond donors (Lipinski definition) is 3. The number of aliphatic hydroxyl groups is 1. The van der Waals surface area contributed by atoms with E-state index in [2.05, 4.69) is 70.4 Å². The van der Waals surface area contributed by atoms with Crippen LogP contribution < -0.4 is 10.0 Å². The van der Waals surface area contributed by atoms with E-state index in [9.17, 15) is 18.3 Å². The predicted molar refractivity (Wildman–Crippen MR) is 259 cm³/mol. The lowest BCUT2D eigenvalue weighted by Gasteiger charge is -2.43. The van der Waals surface area contributed by atoms with E-state index in [1.165, 1.54) is 11.1 Å². The Morgan fingerprint density at radius 2 is 1.21 bits per heavy atom. The SMILES string of the molecule is Cc1ccc(S(=O)(=O)NC(Cc2ccccc2)C(=O)NCc2ccccc2-c2ccc(C3OC(CN(Cc4ccccc4)Cc4ccccc4)C(C)C(c4ccc(CO)cc4)O3)cc2)cc1. The maximum absolute atomic E-state index is 13.9. The number of hydrogen-bond acceptors (Lipinski definition) is 7. The van der Waals surface area contributed by atoms with Gasteiger partial charge in [-0.05, 0) is 70.0 Å². The molecule has 5 atom stereocenters. The van der Waals surface area contributed by atoms with Crippen molar-refractivity contribution in [2.75, 3.05) is 6.54 Å². The fraction of sp³-hybridized carbons (Fsp3) is 0.232. The number of carbonyl (C=O) groups is 1. The maximum Gasteiger partial charge on any atom is 0.241 e. The van der Waals surface area contributed by atoms with Gasteiger partial charge in [-0.1, -0.05) is 188 Å². The molecule has 1 aliphatic heterocycles. The van der Waals surface area contributed by atoms with E-state index < -0.39 is 28.3 Å². The molecule has 1 saturated heterocycles. The molecule has 0 radical (unpaired) electrons. The maximum atomic E-state index is 13.9. The number of amides is 1. The quantitative estimate of drug-likeness (QED) is 0.0786. The predicted octanol–water partition coefficient (Wildman–Crippen LogP) is 9.85. The summed E-state index contributed by atoms with van der Waals surface area (Å²) in [6.07, 6.45) is -0.931. The van der Waals surface area contributed by atoms with Gasteiger partial charge in [-0.15, -0.1) is 0 Å². The van der Waals surface area contributed by atoms with Crippen LogP contribution in [0.1, 0.15) is 63.8 Å². The number of aryl methyl sites for hydroxylation is 1. The Morgan fingerprint density at radius 3 is 1.82 bits per heavy atom. The van der Waals surface area contributed by atoms with Crippen molar-refractivity contribution in [1.29, 1.82) is 0 Å². The van der Waals surface area contributed by atoms with Crippen molar-refractivity contribution in [3.63, 3.8) is 0 Å². The minimum absolute atomic E-state index is 0.00170. The van der Waals surface area contributed by atoms with Gasteiger partial charge in [0.15, 0.2) is 6.29 Å². The van der Waals surface area contributed by atoms with E-state index in [-0.39, 0.29) is 42.6 Å². The van der Waals surface area contributed by atoms with E-state index in [0.29, 0.717) is 6.54 Å². The zero-order valence-electron chi connectivity index (χ0n) is 37.4. The van der Waals surface area contributed by atoms with Gasteiger partial charge < -0.3 is 19.9 Å². The third-order valence-corrected chi connectivity index (χ3v) is 13.7. The molecule has 10 heteroatoms. The number of nitrogens with zero attached hydrogens (tertiary/aromatic N) is 1. The van der Waals surface area contributed by atoms with Crippen molar-refractivity contribution >= 4 is 15.9 Å². The highest BCUT2D eigenvalue weighted by atomic mass is 32.2. The van der Waals surface area contributed by atoms with E-state index >= 15 is 0 Å². The number of sulfonamides is 1. The average Bonchev–Trinajstić information content (AvgIpc) is 3.35. The van der Waals surface area contributed by atoms with Crippen molar-refractivity contribution in [2.24, 2.45) is 5.92 Å². The summed E-state index contributed by atoms with van der Waals surface area (Å²) in [7, 11) is -3.99. The summed E-state index contributed by atoms with van der Waals surface area (Å²) in [6, 6.07) is 60.0. The van der Waals surface area contributed by atoms with Gasteiger partial charge in [0.2, 0.25) is 15.9 Å². The number of carbonyl (C=O) groups excluding carboxylic acids is 1. The average molecular weight is 900 g/mol. The second kappa shape index (κ2) is 21.8. The van der Waals surface area contributed by atoms with Crippen LogP contribution in [-0.4, -0.2) is 43.0 Å². The van der Waals surface area contributed by atoms with Crippen LogP contribution in [0, 0.1) is 12.8 Å². The molecule has 0 saturated carbocycles. The summed E-state index contributed by atoms with van der Waals surface area (Å²) in [6.45, 7) is 6.43. The van der Waals surface area contributed by atoms with E-state index in [1.807, 2.05) is 122 Å². The molecular formula is C56H57N3O6S. The van der Waals surface area contributed by atoms with Gasteiger partial charge in [-0.25, -0.2) is 8.42 Å². The van der Waals surface area contributed by atoms with Crippen LogP contribution in [0.2, 0.25) is 0 Å². The summed E-state index contributed by atoms with van der Waals surface area (Å²) < 4.78 is 43.5. The Kier molecular flexibility index (Phi) is 15.3. The highest BCUT2D eigenvalue weighted by Gasteiger charge is 2.39. The van der Waals surface area contributed by atoms with Crippen LogP contribution in [0.15, 0.2) is 193 Å². The van der Waals surface area contributed by atoms with Crippen molar-refractivity contribution in [3.05, 3.63) is 233 Å². The molecule has 0 aliphatic carbocycles. The highest BCUT2D eigenvalue weighted by Crippen LogP contribution is 2.42. The van der Waals surface area contributed by atoms with Gasteiger partial charge in [0.25, 0.3) is 0 Å². The topological polar surface area (TPSA) is 117 Å². The minimum Gasteiger partial charge on any atom is -0.392 e. The van der Waals surface area contributed by atoms with Gasteiger partial charge >= 0.3 is 0 Å². The molecule has 7 aromatic rings. The second-order valence-corrected chi connectivity index (χ2v) is 18.9. The molecule has 1 heterocycles. The Bertz CT molecular complexity index is 2700. The third-order valence-electron chi connectivity index (χ3n) is 12.3. The molecule has 0 bridgehead atoms. The molecule has 9 nitrogen and oxygen atoms in total. The van der Waals surface area contributed by atoms with Gasteiger partial charge in [0.05, 0.1) is 23.7 Å². The normalized spacial score (nSPS) is 17.9. The summed E-state index contributed by atoms with van der Waals surface area (Å²) in [5.74, 6) is -0.427. The second-order valence-electron chi connectivity index (χ2n) is 17.1. The summed E-state index contributed by atoms with van der Waals surface area (Å²) in [5, 5.41) is 12.8. The number of rotatable bonds is 18. The Hall–Kier alpha value is -6.24. The van der Waals surface area contributed by atoms with Crippen molar-refractivity contribution in [3.8, 4) is 11.1 Å². The van der Waals surface area contributed by atoms with Crippen molar-refractivity contribution in [1.82, 2.24) is 14.9 Å². The lowest BCUT2D eigenvalue weighted by atomic mass is 9.89. The first-order valence-corrected chi connectivity index (χ1v) is 24.0. The molecule has 0 aromatic heterocycles. The van der Waals surface area contributed by atoms with Crippen LogP contribution in [-0.2, 0) is 57.0 Å². The van der Waals surface area contributed by atoms with E-state index in [1.54, 1.807) is 24.3 Å². The molecule has 0 spiro atoms. The summed E-state index contributed by atoms with van der Waals surface area (Å²) in [5.41, 5.74) is 9.72. The number of benzene rings is 7. The zero-order valence-corrected chi connectivity index (χ0v) is 38.2. The lowest BCUT2D eigenvalue weighted by Crippen LogP contribution is -2.47. The molecule has 5 unspecified atom stereocenters. The Labute approximate surface area is 389 Å². The molecule has 1 amide bonds. The minimum atomic E-state index is -3.99. The van der Waals surface area contributed by atoms with Gasteiger partial charge in [-0.3, -0.25) is 9.69 Å². The first-order chi connectivity index (χ1) is 32.1. The van der Waals surface area contributed by atoms with Gasteiger partial charge in [0.1, 0.15) is 6.04 Å². The van der Waals surface area contributed by atoms with Crippen molar-refractivity contribution < 1.29 is 27.8 Å². The molecule has 7 aromatic carbocycles. The lowest BCUT2D eigenvalue weighted by molar-refractivity contribution is -0.276. The number of ether oxygens (including phenoxy) is 2. The molecule has 8 rings (SSSR count). The first-order valence-electron chi connectivity index (χ1n) is 22.5. The van der Waals surface area contributed by atoms with Gasteiger partial charge in [-0.2, -0.15) is 4.72 Å². The van der Waals surface area contributed by atoms with Crippen LogP contribution in [0.4, 0.5) is 0 Å². The van der Waals surface area contributed by atoms with E-state index in [4.69, 9.17) is 9.47 Å². The molecular weight excluding hydrogens is 843 g/mol. The van der Waals surface area contributed by atoms with Crippen LogP contribution in [0.25, 0.3) is 11.1 Å². The fourth-order valence-corrected chi connectivity index (χ4v) is 9.74. The van der Waals surface area contributed by atoms with Crippen molar-refractivity contribution in [2.45, 2.75) is 75.9 Å². The molecule has 3 N–H and O–H groups in total. The van der Waals surface area contributed by atoms with Crippen LogP contribution in [0.3, 0.4) is 0 Å². The number of nitrogens with one attached hydrogen (secondary N) is 2. The third kappa shape index (κ3) is 12.0. The molecule has 338 valence electrons. The standard InChI is InChI=1S/C56H57N3O6S/c1-40-22-32-50(33-23-40)66(62,63)58-52(34-42-14-6-3-7-15-42)55(61)57-35-49-20-12-13-21-51(49)46-28-30-48(31-29-46)56-64-53(41(2)54(65-56)47-26-24-45(39-60)25-27-47)38-59(36-43-16-8-4-9-17-43)37-44-18-10-5-11-19-44/h3-33,41,52-54,56,58,60H,34-39H2,1-2H3,(H,57,61). The Balaban J connectivity index is 1.02. The zero-order chi connectivity index (χ0) is 45.9. The fourth-order valence-electron chi connectivity index (χ4n) is 8.54. The summed E-state index contributed by atoms with van der Waals surface area (Å²) in [4.78, 5) is 16.5. The molecule has 1 aliphatic rings. The monoisotopic (exact) mass is 899 g/mol. The highest BCUT2D eigenvalue weighted by molar-refractivity contribution is 7.89. The Morgan fingerprint density at radius 1 is 0.652 bits per heavy atom. The largest absolute Gasteiger partial charge is 0.392 e.